The van der Waals surface area contributed by atoms with Crippen molar-refractivity contribution in [3.63, 3.8) is 0 Å². The van der Waals surface area contributed by atoms with E-state index in [1.807, 2.05) is 27.7 Å². The summed E-state index contributed by atoms with van der Waals surface area (Å²) < 4.78 is 0. The van der Waals surface area contributed by atoms with Gasteiger partial charge in [-0.15, -0.1) is 0 Å². The quantitative estimate of drug-likeness (QED) is 0.733. The standard InChI is InChI=1S/C11H17N5.2C2H6/c1-7(12)9-10(13)14-6-15-11(9)16-8-4-2-3-5-8;2*1-2/h6,8,12H,2-5H2,1H3,(H3,13,14,15,16);2*1-2H3. The lowest BCUT2D eigenvalue weighted by molar-refractivity contribution is 0.749. The van der Waals surface area contributed by atoms with E-state index in [0.29, 0.717) is 29.0 Å². The Balaban J connectivity index is 0.000000829. The van der Waals surface area contributed by atoms with Crippen molar-refractivity contribution in [2.75, 3.05) is 11.1 Å². The Bertz CT molecular complexity index is 397. The van der Waals surface area contributed by atoms with Gasteiger partial charge in [0.05, 0.1) is 5.56 Å². The molecule has 0 aliphatic heterocycles. The minimum absolute atomic E-state index is 0.378. The maximum absolute atomic E-state index is 7.69. The van der Waals surface area contributed by atoms with Gasteiger partial charge in [-0.25, -0.2) is 9.97 Å². The van der Waals surface area contributed by atoms with Crippen molar-refractivity contribution >= 4 is 17.3 Å². The lowest BCUT2D eigenvalue weighted by Gasteiger charge is -2.16. The number of nitrogen functional groups attached to an aromatic ring is 1. The highest BCUT2D eigenvalue weighted by Crippen LogP contribution is 2.24. The van der Waals surface area contributed by atoms with Crippen LogP contribution in [0.3, 0.4) is 0 Å². The molecule has 5 heteroatoms. The third kappa shape index (κ3) is 5.15. The van der Waals surface area contributed by atoms with E-state index >= 15 is 0 Å². The molecule has 0 spiro atoms. The molecule has 1 heterocycles. The van der Waals surface area contributed by atoms with E-state index in [1.165, 1.54) is 32.0 Å². The summed E-state index contributed by atoms with van der Waals surface area (Å²) in [6.45, 7) is 9.70. The van der Waals surface area contributed by atoms with E-state index in [0.717, 1.165) is 0 Å². The number of nitrogens with one attached hydrogen (secondary N) is 2. The third-order valence-electron chi connectivity index (χ3n) is 2.95. The number of hydrogen-bond acceptors (Lipinski definition) is 5. The van der Waals surface area contributed by atoms with Crippen LogP contribution in [0, 0.1) is 5.41 Å². The third-order valence-corrected chi connectivity index (χ3v) is 2.95. The maximum atomic E-state index is 7.69. The van der Waals surface area contributed by atoms with Crippen LogP contribution in [0.15, 0.2) is 6.33 Å². The van der Waals surface area contributed by atoms with Crippen molar-refractivity contribution < 1.29 is 0 Å². The van der Waals surface area contributed by atoms with E-state index in [-0.39, 0.29) is 0 Å². The summed E-state index contributed by atoms with van der Waals surface area (Å²) in [5.41, 5.74) is 6.80. The monoisotopic (exact) mass is 279 g/mol. The number of anilines is 2. The van der Waals surface area contributed by atoms with Crippen LogP contribution in [-0.4, -0.2) is 21.7 Å². The average molecular weight is 279 g/mol. The molecular weight excluding hydrogens is 250 g/mol. The second-order valence-corrected chi connectivity index (χ2v) is 4.23. The van der Waals surface area contributed by atoms with Crippen molar-refractivity contribution in [3.8, 4) is 0 Å². The Kier molecular flexibility index (Phi) is 9.34. The zero-order chi connectivity index (χ0) is 15.5. The summed E-state index contributed by atoms with van der Waals surface area (Å²) in [7, 11) is 0. The lowest BCUT2D eigenvalue weighted by atomic mass is 10.1. The molecule has 2 rings (SSSR count). The molecule has 114 valence electrons. The van der Waals surface area contributed by atoms with Crippen LogP contribution in [-0.2, 0) is 0 Å². The predicted octanol–water partition coefficient (Wildman–Crippen LogP) is 3.85. The van der Waals surface area contributed by atoms with Gasteiger partial charge in [0.2, 0.25) is 0 Å². The molecule has 1 saturated carbocycles. The van der Waals surface area contributed by atoms with Gasteiger partial charge in [-0.3, -0.25) is 0 Å². The fraction of sp³-hybridized carbons (Fsp3) is 0.667. The first kappa shape index (κ1) is 18.4. The second kappa shape index (κ2) is 10.2. The van der Waals surface area contributed by atoms with E-state index < -0.39 is 0 Å². The summed E-state index contributed by atoms with van der Waals surface area (Å²) in [5.74, 6) is 1.08. The molecule has 5 nitrogen and oxygen atoms in total. The van der Waals surface area contributed by atoms with Gasteiger partial charge in [-0.05, 0) is 19.8 Å². The van der Waals surface area contributed by atoms with Crippen molar-refractivity contribution in [1.29, 1.82) is 5.41 Å². The number of rotatable bonds is 3. The van der Waals surface area contributed by atoms with Gasteiger partial charge in [0.15, 0.2) is 0 Å². The summed E-state index contributed by atoms with van der Waals surface area (Å²) in [6.07, 6.45) is 6.30. The minimum atomic E-state index is 0.378. The van der Waals surface area contributed by atoms with Crippen molar-refractivity contribution in [2.45, 2.75) is 66.3 Å². The van der Waals surface area contributed by atoms with Crippen molar-refractivity contribution in [3.05, 3.63) is 11.9 Å². The molecule has 4 N–H and O–H groups in total. The lowest BCUT2D eigenvalue weighted by Crippen LogP contribution is -2.19. The molecule has 0 unspecified atom stereocenters. The van der Waals surface area contributed by atoms with Crippen LogP contribution in [0.5, 0.6) is 0 Å². The topological polar surface area (TPSA) is 87.7 Å². The van der Waals surface area contributed by atoms with E-state index in [1.54, 1.807) is 6.92 Å². The normalized spacial score (nSPS) is 13.7. The Morgan fingerprint density at radius 2 is 1.75 bits per heavy atom. The van der Waals surface area contributed by atoms with Crippen molar-refractivity contribution in [2.24, 2.45) is 0 Å². The molecule has 0 radical (unpaired) electrons. The molecule has 1 aliphatic rings. The molecule has 0 amide bonds. The van der Waals surface area contributed by atoms with Gasteiger partial charge in [0, 0.05) is 11.8 Å². The van der Waals surface area contributed by atoms with Crippen LogP contribution in [0.25, 0.3) is 0 Å². The summed E-state index contributed by atoms with van der Waals surface area (Å²) in [6, 6.07) is 0.465. The fourth-order valence-corrected chi connectivity index (χ4v) is 2.14. The number of hydrogen-bond donors (Lipinski definition) is 3. The van der Waals surface area contributed by atoms with Crippen LogP contribution in [0.4, 0.5) is 11.6 Å². The van der Waals surface area contributed by atoms with Gasteiger partial charge >= 0.3 is 0 Å². The van der Waals surface area contributed by atoms with E-state index in [9.17, 15) is 0 Å². The molecule has 1 aromatic heterocycles. The molecular formula is C15H29N5. The van der Waals surface area contributed by atoms with Crippen LogP contribution in [0.1, 0.15) is 65.9 Å². The van der Waals surface area contributed by atoms with Gasteiger partial charge in [0.1, 0.15) is 18.0 Å². The average Bonchev–Trinajstić information content (AvgIpc) is 2.96. The van der Waals surface area contributed by atoms with Crippen molar-refractivity contribution in [1.82, 2.24) is 9.97 Å². The smallest absolute Gasteiger partial charge is 0.140 e. The maximum Gasteiger partial charge on any atom is 0.140 e. The highest BCUT2D eigenvalue weighted by Gasteiger charge is 2.18. The van der Waals surface area contributed by atoms with Crippen LogP contribution < -0.4 is 11.1 Å². The molecule has 20 heavy (non-hydrogen) atoms. The zero-order valence-corrected chi connectivity index (χ0v) is 13.5. The van der Waals surface area contributed by atoms with Gasteiger partial charge in [-0.2, -0.15) is 0 Å². The number of nitrogens with two attached hydrogens (primary N) is 1. The summed E-state index contributed by atoms with van der Waals surface area (Å²) >= 11 is 0. The molecule has 0 atom stereocenters. The van der Waals surface area contributed by atoms with Crippen LogP contribution in [0.2, 0.25) is 0 Å². The van der Waals surface area contributed by atoms with Gasteiger partial charge in [0.25, 0.3) is 0 Å². The number of nitrogens with zero attached hydrogens (tertiary/aromatic N) is 2. The van der Waals surface area contributed by atoms with E-state index in [2.05, 4.69) is 15.3 Å². The molecule has 0 saturated heterocycles. The zero-order valence-electron chi connectivity index (χ0n) is 13.5. The van der Waals surface area contributed by atoms with Gasteiger partial charge in [-0.1, -0.05) is 40.5 Å². The highest BCUT2D eigenvalue weighted by atomic mass is 15.1. The Labute approximate surface area is 122 Å². The molecule has 1 aliphatic carbocycles. The molecule has 1 aromatic rings. The summed E-state index contributed by atoms with van der Waals surface area (Å²) in [4.78, 5) is 8.10. The SMILES string of the molecule is CC.CC.CC(=N)c1c(N)ncnc1NC1CCCC1. The molecule has 0 aromatic carbocycles. The first-order valence-electron chi connectivity index (χ1n) is 7.61. The minimum Gasteiger partial charge on any atom is -0.383 e. The number of aromatic nitrogens is 2. The molecule has 1 fully saturated rings. The Morgan fingerprint density at radius 1 is 1.20 bits per heavy atom. The van der Waals surface area contributed by atoms with Crippen LogP contribution >= 0.6 is 0 Å². The molecule has 0 bridgehead atoms. The first-order valence-corrected chi connectivity index (χ1v) is 7.61. The fourth-order valence-electron chi connectivity index (χ4n) is 2.14. The Morgan fingerprint density at radius 3 is 2.25 bits per heavy atom. The Hall–Kier alpha value is -1.65. The second-order valence-electron chi connectivity index (χ2n) is 4.23. The largest absolute Gasteiger partial charge is 0.383 e. The van der Waals surface area contributed by atoms with E-state index in [4.69, 9.17) is 11.1 Å². The van der Waals surface area contributed by atoms with Gasteiger partial charge < -0.3 is 16.5 Å². The predicted molar refractivity (Wildman–Crippen MR) is 87.5 cm³/mol. The first-order chi connectivity index (χ1) is 9.68. The highest BCUT2D eigenvalue weighted by molar-refractivity contribution is 6.04. The summed E-state index contributed by atoms with van der Waals surface area (Å²) in [5, 5.41) is 11.1.